The molecule has 1 atom stereocenters. The Kier molecular flexibility index (Phi) is 46.1. The number of amides is 3. The van der Waals surface area contributed by atoms with E-state index in [4.69, 9.17) is 69.7 Å². The molecule has 15 rings (SSSR count). The normalized spacial score (nSPS) is 12.5. The second kappa shape index (κ2) is 53.2. The van der Waals surface area contributed by atoms with E-state index in [9.17, 15) is 76.4 Å². The number of pyridine rings is 8. The van der Waals surface area contributed by atoms with Crippen molar-refractivity contribution in [1.82, 2.24) is 68.3 Å². The van der Waals surface area contributed by atoms with E-state index in [1.54, 1.807) is 102 Å². The number of rotatable bonds is 14. The van der Waals surface area contributed by atoms with E-state index in [2.05, 4.69) is 99.3 Å². The molecule has 1 aliphatic rings. The molecule has 14 aromatic rings. The molecule has 1 fully saturated rings. The van der Waals surface area contributed by atoms with Crippen molar-refractivity contribution < 1.29 is 162 Å². The van der Waals surface area contributed by atoms with Gasteiger partial charge in [0.15, 0.2) is 0 Å². The van der Waals surface area contributed by atoms with Crippen LogP contribution in [0.25, 0.3) is 44.9 Å². The van der Waals surface area contributed by atoms with Gasteiger partial charge in [-0.05, 0) is 211 Å². The number of carbonyl (C=O) groups is 4. The minimum absolute atomic E-state index is 0. The Balaban J connectivity index is 0.000000253. The van der Waals surface area contributed by atoms with Gasteiger partial charge >= 0.3 is 166 Å². The Bertz CT molecular complexity index is 6510. The topological polar surface area (TPSA) is 393 Å². The van der Waals surface area contributed by atoms with Gasteiger partial charge in [-0.25, -0.2) is 19.4 Å². The van der Waals surface area contributed by atoms with Crippen LogP contribution in [0.3, 0.4) is 0 Å². The molecule has 29 nitrogen and oxygen atoms in total. The van der Waals surface area contributed by atoms with E-state index in [0.29, 0.717) is 73.4 Å². The summed E-state index contributed by atoms with van der Waals surface area (Å²) in [5.74, 6) is -1.30. The van der Waals surface area contributed by atoms with E-state index in [0.717, 1.165) is 88.8 Å². The first-order valence-electron chi connectivity index (χ1n) is 38.7. The summed E-state index contributed by atoms with van der Waals surface area (Å²) in [5, 5.41) is 27.4. The molecule has 1 unspecified atom stereocenters. The third-order valence-electron chi connectivity index (χ3n) is 18.9. The number of carboxylic acids is 1. The van der Waals surface area contributed by atoms with Crippen molar-refractivity contribution in [1.29, 1.82) is 0 Å². The molecule has 0 saturated carbocycles. The first-order chi connectivity index (χ1) is 63.2. The number of aromatic carboxylic acids is 1. The molecule has 0 aliphatic carbocycles. The van der Waals surface area contributed by atoms with Crippen molar-refractivity contribution in [3.05, 3.63) is 309 Å². The van der Waals surface area contributed by atoms with E-state index in [-0.39, 0.29) is 92.5 Å². The Morgan fingerprint density at radius 2 is 0.978 bits per heavy atom. The summed E-state index contributed by atoms with van der Waals surface area (Å²) in [6, 6.07) is 33.0. The number of aryl methyl sites for hydroxylation is 4. The predicted molar refractivity (Wildman–Crippen MR) is 482 cm³/mol. The van der Waals surface area contributed by atoms with Gasteiger partial charge < -0.3 is 50.8 Å². The zero-order valence-electron chi connectivity index (χ0n) is 72.9. The molecule has 0 radical (unpaired) electrons. The number of fused-ring (bicyclic) bond motifs is 2. The summed E-state index contributed by atoms with van der Waals surface area (Å²) in [4.78, 5) is 87.1. The molecule has 53 heteroatoms. The van der Waals surface area contributed by atoms with Gasteiger partial charge in [-0.3, -0.25) is 62.3 Å². The number of halogens is 18. The van der Waals surface area contributed by atoms with Gasteiger partial charge in [-0.15, -0.1) is 0 Å². The van der Waals surface area contributed by atoms with E-state index < -0.39 is 102 Å². The van der Waals surface area contributed by atoms with E-state index >= 15 is 0 Å². The molecule has 0 bridgehead atoms. The second-order valence-electron chi connectivity index (χ2n) is 28.5. The third-order valence-corrected chi connectivity index (χ3v) is 19.7. The Labute approximate surface area is 885 Å². The van der Waals surface area contributed by atoms with Gasteiger partial charge in [0.25, 0.3) is 17.7 Å². The summed E-state index contributed by atoms with van der Waals surface area (Å²) in [5.41, 5.74) is 7.19. The van der Waals surface area contributed by atoms with Crippen LogP contribution in [-0.4, -0.2) is 173 Å². The molecule has 136 heavy (non-hydrogen) atoms. The fourth-order valence-corrected chi connectivity index (χ4v) is 12.3. The fraction of sp³-hybridized carbons (Fsp3) is 0.193. The maximum absolute atomic E-state index is 13.5. The van der Waals surface area contributed by atoms with Crippen molar-refractivity contribution in [2.24, 2.45) is 19.8 Å². The summed E-state index contributed by atoms with van der Waals surface area (Å²) in [6.07, 6.45) is 2.53. The average Bonchev–Trinajstić information content (AvgIpc) is 1.62. The zero-order chi connectivity index (χ0) is 100. The molecule has 1 saturated heterocycles. The number of anilines is 2. The van der Waals surface area contributed by atoms with Gasteiger partial charge in [0.05, 0.1) is 92.1 Å². The molecule has 1 aliphatic heterocycles. The van der Waals surface area contributed by atoms with Gasteiger partial charge in [-0.2, -0.15) is 57.8 Å². The predicted octanol–water partition coefficient (Wildman–Crippen LogP) is 15.8. The maximum atomic E-state index is 13.5. The van der Waals surface area contributed by atoms with Gasteiger partial charge in [-0.1, -0.05) is 52.5 Å². The monoisotopic (exact) mass is 2130 g/mol. The quantitative estimate of drug-likeness (QED) is 0.0222. The molecule has 702 valence electrons. The fourth-order valence-electron chi connectivity index (χ4n) is 11.7. The summed E-state index contributed by atoms with van der Waals surface area (Å²) in [7, 11) is -0.0251. The van der Waals surface area contributed by atoms with Crippen molar-refractivity contribution >= 4 is 204 Å². The number of hydrogen-bond acceptors (Lipinski definition) is 21. The Morgan fingerprint density at radius 1 is 0.544 bits per heavy atom. The molecule has 3 amide bonds. The number of aromatic nitrogens is 13. The number of benzene rings is 2. The van der Waals surface area contributed by atoms with Crippen LogP contribution >= 0.6 is 82.0 Å². The summed E-state index contributed by atoms with van der Waals surface area (Å²) < 4.78 is 194. The van der Waals surface area contributed by atoms with Crippen LogP contribution in [-0.2, 0) is 75.0 Å². The Hall–Kier alpha value is -6.95. The van der Waals surface area contributed by atoms with E-state index in [1.165, 1.54) is 98.4 Å². The standard InChI is InChI=1S/C26H20F3N5O.C18H24BN3O3.C13H9ClF3N3O.C13H7ClF3N3.C7H4F3NO2.C6H7ClN2.Cl3OP.3K.HO4P/c1-16-5-6-18(25(35)32-23-4-3-10-33(23)2)13-20(16)17-8-11-34-19(12-17)14-31-24(34)21-15-30-9-7-22(21)26(27,28)29;1-12-7-8-13(16(23)21-15-9-10-20-22(15)6)11-14(12)19-24-17(2,3)18(4,5)25-19;14-8-1-4-19-9(5-8)6-20-12(21)10-7-18-3-2-11(10)13(15,16)17;14-8-2-4-20-9(5-8)6-19-12(20)10-7-18-3-1-11(10)13(15,16)17;8-7(9,10)5-1-2-11-3-4(5)6(12)13;7-5-1-2-9-6(3-5)4-8;1-5(2,3)4;;;;1-4-5(2)3/h3-15H,1-2H3,(H,32,35);7-11H,1-6H3,(H,21,23);1-5,7H,6H2,(H,20,21);1-7H;1-3H,(H,12,13);1-3H,4,8H2;;;;;1H/q;;;;;;;;;+1;/p-1. The number of nitrogens with two attached hydrogens (primary N) is 1. The van der Waals surface area contributed by atoms with Gasteiger partial charge in [0.2, 0.25) is 0 Å². The summed E-state index contributed by atoms with van der Waals surface area (Å²) >= 11 is 33.6. The van der Waals surface area contributed by atoms with Crippen molar-refractivity contribution in [2.45, 2.75) is 90.5 Å². The SMILES string of the molecule is Cc1ccc(C(=O)Nc2cccn2C)cc1-c1ccn2c(-c3cnccc3C(F)(F)F)ncc2c1.Cc1ccc(C(=O)Nc2ccnn2C)cc1B1OC(C)(C)C(C)(C)O1.FC(F)(F)c1ccncc1-c1ncc2cc(Cl)ccn12.NCc1cc(Cl)ccn1.O=C(NCc1cc(Cl)ccn1)c1cnccc1C(F)(F)F.O=C(O)c1cnccc1C(F)(F)F.O=P(Cl)(Cl)Cl.O=[P+]([O-])O[O-].[K+].[K][K]. The van der Waals surface area contributed by atoms with Crippen LogP contribution < -0.4 is 88.7 Å². The molecule has 13 heterocycles. The van der Waals surface area contributed by atoms with Crippen LogP contribution in [0.15, 0.2) is 227 Å². The van der Waals surface area contributed by atoms with Crippen LogP contribution in [0.2, 0.25) is 15.1 Å². The number of imidazole rings is 2. The third kappa shape index (κ3) is 35.3. The van der Waals surface area contributed by atoms with Crippen molar-refractivity contribution in [3.8, 4) is 33.9 Å². The second-order valence-corrected chi connectivity index (χ2v) is 37.0. The van der Waals surface area contributed by atoms with Crippen LogP contribution in [0.1, 0.15) is 114 Å². The molecular formula is C83H71BCl6F12K3N17O12P2. The number of nitrogens with one attached hydrogen (secondary N) is 3. The van der Waals surface area contributed by atoms with Crippen LogP contribution in [0.5, 0.6) is 0 Å². The first-order valence-corrected chi connectivity index (χ1v) is 61.3. The molecule has 2 aromatic carbocycles. The number of carbonyl (C=O) groups excluding carboxylic acids is 3. The summed E-state index contributed by atoms with van der Waals surface area (Å²) in [6.45, 7) is 12.4. The number of alkyl halides is 12. The van der Waals surface area contributed by atoms with Crippen LogP contribution in [0, 0.1) is 13.8 Å². The number of nitrogens with zero attached hydrogens (tertiary/aromatic N) is 13. The van der Waals surface area contributed by atoms with Crippen molar-refractivity contribution in [2.75, 3.05) is 10.6 Å². The zero-order valence-corrected chi connectivity index (χ0v) is 88.6. The molecule has 0 spiro atoms. The first kappa shape index (κ1) is 118. The van der Waals surface area contributed by atoms with Gasteiger partial charge in [0, 0.05) is 145 Å². The van der Waals surface area contributed by atoms with Crippen LogP contribution in [0.4, 0.5) is 64.3 Å². The minimum atomic E-state index is -4.66. The van der Waals surface area contributed by atoms with E-state index in [1.807, 2.05) is 95.8 Å². The van der Waals surface area contributed by atoms with Crippen molar-refractivity contribution in [3.63, 3.8) is 0 Å². The number of hydrogen-bond donors (Lipinski definition) is 5. The Morgan fingerprint density at radius 3 is 1.42 bits per heavy atom. The molecule has 6 N–H and O–H groups in total. The average molecular weight is 2130 g/mol. The molecular weight excluding hydrogens is 2060 g/mol. The van der Waals surface area contributed by atoms with Gasteiger partial charge in [0.1, 0.15) is 23.3 Å². The molecule has 12 aromatic heterocycles. The number of carboxylic acid groups (broad SMARTS) is 1.